The second kappa shape index (κ2) is 20.8. The molecule has 2 fully saturated rings. The summed E-state index contributed by atoms with van der Waals surface area (Å²) in [6, 6.07) is 40.8. The van der Waals surface area contributed by atoms with Crippen molar-refractivity contribution in [3.05, 3.63) is 155 Å². The molecule has 59 heavy (non-hydrogen) atoms. The van der Waals surface area contributed by atoms with Crippen LogP contribution in [0.1, 0.15) is 42.0 Å². The Balaban J connectivity index is 0.976. The molecule has 1 N–H and O–H groups in total. The van der Waals surface area contributed by atoms with E-state index in [1.807, 2.05) is 66.4 Å². The molecule has 0 radical (unpaired) electrons. The van der Waals surface area contributed by atoms with E-state index in [0.717, 1.165) is 61.3 Å². The van der Waals surface area contributed by atoms with Crippen molar-refractivity contribution >= 4 is 12.0 Å². The molecular formula is C49H55FN4O5. The van der Waals surface area contributed by atoms with Crippen molar-refractivity contribution < 1.29 is 28.2 Å². The molecule has 0 unspecified atom stereocenters. The van der Waals surface area contributed by atoms with E-state index in [-0.39, 0.29) is 24.2 Å². The van der Waals surface area contributed by atoms with Gasteiger partial charge in [0.25, 0.3) is 0 Å². The Morgan fingerprint density at radius 2 is 1.39 bits per heavy atom. The topological polar surface area (TPSA) is 83.6 Å². The van der Waals surface area contributed by atoms with Crippen molar-refractivity contribution in [3.63, 3.8) is 0 Å². The number of halogens is 1. The Morgan fingerprint density at radius 1 is 0.729 bits per heavy atom. The molecule has 7 rings (SSSR count). The number of ether oxygens (including phenoxy) is 3. The first-order chi connectivity index (χ1) is 28.9. The number of benzene rings is 5. The summed E-state index contributed by atoms with van der Waals surface area (Å²) >= 11 is 0. The zero-order chi connectivity index (χ0) is 40.8. The largest absolute Gasteiger partial charge is 0.493 e. The Hall–Kier alpha value is -5.71. The fraction of sp³-hybridized carbons (Fsp3) is 0.347. The van der Waals surface area contributed by atoms with Crippen LogP contribution >= 0.6 is 0 Å². The molecule has 5 aromatic rings. The average Bonchev–Trinajstić information content (AvgIpc) is 3.28. The van der Waals surface area contributed by atoms with E-state index in [2.05, 4.69) is 69.7 Å². The van der Waals surface area contributed by atoms with Crippen LogP contribution < -0.4 is 14.8 Å². The lowest BCUT2D eigenvalue weighted by Gasteiger charge is -2.40. The summed E-state index contributed by atoms with van der Waals surface area (Å²) in [5, 5.41) is 3.00. The first-order valence-electron chi connectivity index (χ1n) is 20.9. The Kier molecular flexibility index (Phi) is 14.6. The van der Waals surface area contributed by atoms with Gasteiger partial charge in [-0.2, -0.15) is 0 Å². The third-order valence-corrected chi connectivity index (χ3v) is 11.4. The van der Waals surface area contributed by atoms with Crippen LogP contribution in [0.5, 0.6) is 11.5 Å². The van der Waals surface area contributed by atoms with Gasteiger partial charge in [-0.15, -0.1) is 0 Å². The molecule has 5 aromatic carbocycles. The van der Waals surface area contributed by atoms with E-state index in [1.54, 1.807) is 12.1 Å². The highest BCUT2D eigenvalue weighted by Gasteiger charge is 2.37. The molecule has 2 heterocycles. The van der Waals surface area contributed by atoms with Gasteiger partial charge in [0.15, 0.2) is 0 Å². The third-order valence-electron chi connectivity index (χ3n) is 11.4. The summed E-state index contributed by atoms with van der Waals surface area (Å²) in [5.74, 6) is 0.953. The van der Waals surface area contributed by atoms with E-state index < -0.39 is 12.1 Å². The molecule has 2 saturated heterocycles. The molecule has 10 heteroatoms. The van der Waals surface area contributed by atoms with Crippen molar-refractivity contribution in [1.29, 1.82) is 0 Å². The highest BCUT2D eigenvalue weighted by molar-refractivity contribution is 5.86. The Morgan fingerprint density at radius 3 is 2.07 bits per heavy atom. The zero-order valence-corrected chi connectivity index (χ0v) is 33.9. The van der Waals surface area contributed by atoms with E-state index >= 15 is 0 Å². The number of hydrogen-bond donors (Lipinski definition) is 1. The maximum atomic E-state index is 14.8. The number of nitrogens with zero attached hydrogens (tertiary/aromatic N) is 3. The third kappa shape index (κ3) is 11.5. The van der Waals surface area contributed by atoms with Crippen molar-refractivity contribution in [2.75, 3.05) is 52.4 Å². The summed E-state index contributed by atoms with van der Waals surface area (Å²) in [6.07, 6.45) is 1.80. The first-order valence-corrected chi connectivity index (χ1v) is 20.9. The number of nitrogens with one attached hydrogen (secondary N) is 1. The molecule has 2 amide bonds. The second-order valence-electron chi connectivity index (χ2n) is 15.3. The summed E-state index contributed by atoms with van der Waals surface area (Å²) in [5.41, 5.74) is 6.11. The summed E-state index contributed by atoms with van der Waals surface area (Å²) < 4.78 is 32.4. The van der Waals surface area contributed by atoms with Gasteiger partial charge in [-0.05, 0) is 97.3 Å². The number of likely N-dealkylation sites (tertiary alicyclic amines) is 1. The molecule has 0 bridgehead atoms. The highest BCUT2D eigenvalue weighted by Crippen LogP contribution is 2.31. The number of piperidine rings is 1. The molecule has 9 nitrogen and oxygen atoms in total. The van der Waals surface area contributed by atoms with Gasteiger partial charge in [0.05, 0.1) is 6.61 Å². The summed E-state index contributed by atoms with van der Waals surface area (Å²) in [6.45, 7) is 7.99. The van der Waals surface area contributed by atoms with Crippen molar-refractivity contribution in [1.82, 2.24) is 20.0 Å². The minimum atomic E-state index is -0.712. The minimum Gasteiger partial charge on any atom is -0.493 e. The standard InChI is InChI=1S/C49H55FN4O5/c1-2-57-46-20-12-19-45(50)44(46)34-53-29-31-54(32-30-53)48(55)47(51-49(56)59-36-38-15-8-4-9-16-38)41-24-27-52(28-25-41)26-23-40-21-22-42(58-35-37-13-6-3-7-14-37)33-43(40)39-17-10-5-11-18-39/h3-22,33,41,47H,2,23-32,34-36H2,1H3,(H,51,56)/t47-/m1/s1. The fourth-order valence-corrected chi connectivity index (χ4v) is 8.08. The smallest absolute Gasteiger partial charge is 0.408 e. The maximum absolute atomic E-state index is 14.8. The zero-order valence-electron chi connectivity index (χ0n) is 33.9. The molecule has 0 aliphatic carbocycles. The number of alkyl carbamates (subject to hydrolysis) is 1. The van der Waals surface area contributed by atoms with Gasteiger partial charge in [0.1, 0.15) is 36.6 Å². The molecule has 2 aliphatic heterocycles. The number of carbonyl (C=O) groups is 2. The van der Waals surface area contributed by atoms with Gasteiger partial charge in [0.2, 0.25) is 5.91 Å². The highest BCUT2D eigenvalue weighted by atomic mass is 19.1. The van der Waals surface area contributed by atoms with Crippen LogP contribution in [-0.2, 0) is 35.7 Å². The first kappa shape index (κ1) is 41.4. The van der Waals surface area contributed by atoms with Crippen LogP contribution in [0, 0.1) is 11.7 Å². The van der Waals surface area contributed by atoms with Crippen LogP contribution in [0.25, 0.3) is 11.1 Å². The van der Waals surface area contributed by atoms with Crippen LogP contribution in [0.2, 0.25) is 0 Å². The van der Waals surface area contributed by atoms with E-state index in [1.165, 1.54) is 17.2 Å². The molecule has 0 saturated carbocycles. The van der Waals surface area contributed by atoms with Crippen molar-refractivity contribution in [3.8, 4) is 22.6 Å². The number of hydrogen-bond acceptors (Lipinski definition) is 7. The minimum absolute atomic E-state index is 0.0471. The van der Waals surface area contributed by atoms with Gasteiger partial charge < -0.3 is 29.3 Å². The number of amides is 2. The fourth-order valence-electron chi connectivity index (χ4n) is 8.08. The molecule has 2 aliphatic rings. The molecule has 0 aromatic heterocycles. The number of piperazine rings is 1. The van der Waals surface area contributed by atoms with Crippen molar-refractivity contribution in [2.45, 2.75) is 52.0 Å². The molecule has 0 spiro atoms. The normalized spacial score (nSPS) is 15.7. The maximum Gasteiger partial charge on any atom is 0.408 e. The van der Waals surface area contributed by atoms with Crippen LogP contribution in [0.3, 0.4) is 0 Å². The second-order valence-corrected chi connectivity index (χ2v) is 15.3. The Labute approximate surface area is 347 Å². The van der Waals surface area contributed by atoms with Gasteiger partial charge in [0, 0.05) is 44.8 Å². The van der Waals surface area contributed by atoms with Gasteiger partial charge in [-0.1, -0.05) is 103 Å². The van der Waals surface area contributed by atoms with Crippen LogP contribution in [0.15, 0.2) is 127 Å². The predicted molar refractivity (Wildman–Crippen MR) is 228 cm³/mol. The molecular weight excluding hydrogens is 744 g/mol. The van der Waals surface area contributed by atoms with Crippen LogP contribution in [0.4, 0.5) is 9.18 Å². The van der Waals surface area contributed by atoms with E-state index in [0.29, 0.717) is 57.3 Å². The Bertz CT molecular complexity index is 2090. The van der Waals surface area contributed by atoms with Gasteiger partial charge in [-0.25, -0.2) is 9.18 Å². The van der Waals surface area contributed by atoms with E-state index in [9.17, 15) is 14.0 Å². The SMILES string of the molecule is CCOc1cccc(F)c1CN1CCN(C(=O)[C@H](NC(=O)OCc2ccccc2)C2CCN(CCc3ccc(OCc4ccccc4)cc3-c3ccccc3)CC2)CC1. The quantitative estimate of drug-likeness (QED) is 0.108. The number of carbonyl (C=O) groups excluding carboxylic acids is 2. The summed E-state index contributed by atoms with van der Waals surface area (Å²) in [4.78, 5) is 34.0. The summed E-state index contributed by atoms with van der Waals surface area (Å²) in [7, 11) is 0. The number of rotatable bonds is 16. The van der Waals surface area contributed by atoms with Gasteiger partial charge >= 0.3 is 6.09 Å². The van der Waals surface area contributed by atoms with Crippen LogP contribution in [-0.4, -0.2) is 85.2 Å². The average molecular weight is 799 g/mol. The molecule has 308 valence electrons. The lowest BCUT2D eigenvalue weighted by Crippen LogP contribution is -2.58. The lowest BCUT2D eigenvalue weighted by molar-refractivity contribution is -0.137. The monoisotopic (exact) mass is 798 g/mol. The van der Waals surface area contributed by atoms with E-state index in [4.69, 9.17) is 14.2 Å². The molecule has 1 atom stereocenters. The van der Waals surface area contributed by atoms with Gasteiger partial charge in [-0.3, -0.25) is 9.69 Å². The van der Waals surface area contributed by atoms with Crippen molar-refractivity contribution in [2.24, 2.45) is 5.92 Å². The predicted octanol–water partition coefficient (Wildman–Crippen LogP) is 8.36. The lowest BCUT2D eigenvalue weighted by atomic mass is 9.88.